The van der Waals surface area contributed by atoms with Crippen LogP contribution in [0.2, 0.25) is 0 Å². The fraction of sp³-hybridized carbons (Fsp3) is 0.167. The van der Waals surface area contributed by atoms with E-state index in [0.29, 0.717) is 9.23 Å². The summed E-state index contributed by atoms with van der Waals surface area (Å²) in [5.74, 6) is -1.46. The van der Waals surface area contributed by atoms with Crippen molar-refractivity contribution in [2.45, 2.75) is 6.42 Å². The molecule has 2 rings (SSSR count). The smallest absolute Gasteiger partial charge is 0.266 e. The Labute approximate surface area is 119 Å². The number of rotatable bonds is 4. The largest absolute Gasteiger partial charge is 0.550 e. The van der Waals surface area contributed by atoms with Gasteiger partial charge in [-0.3, -0.25) is 9.69 Å². The van der Waals surface area contributed by atoms with E-state index in [-0.39, 0.29) is 18.9 Å². The van der Waals surface area contributed by atoms with Gasteiger partial charge in [-0.05, 0) is 12.1 Å². The number of aromatic nitrogens is 1. The number of hydrogen-bond acceptors (Lipinski definition) is 5. The van der Waals surface area contributed by atoms with E-state index < -0.39 is 5.97 Å². The Morgan fingerprint density at radius 3 is 3.00 bits per heavy atom. The van der Waals surface area contributed by atoms with Gasteiger partial charge in [0, 0.05) is 30.6 Å². The maximum Gasteiger partial charge on any atom is 0.266 e. The molecular weight excluding hydrogens is 284 g/mol. The molecule has 98 valence electrons. The van der Waals surface area contributed by atoms with E-state index in [1.54, 1.807) is 18.5 Å². The molecule has 2 heterocycles. The first kappa shape index (κ1) is 13.7. The average molecular weight is 294 g/mol. The van der Waals surface area contributed by atoms with Gasteiger partial charge < -0.3 is 9.90 Å². The van der Waals surface area contributed by atoms with Gasteiger partial charge in [-0.2, -0.15) is 0 Å². The lowest BCUT2D eigenvalue weighted by molar-refractivity contribution is -0.378. The monoisotopic (exact) mass is 294 g/mol. The third kappa shape index (κ3) is 3.39. The molecule has 0 aliphatic carbocycles. The number of thiocarbonyl (C=S) groups is 1. The number of carboxylic acid groups (broad SMARTS) is 1. The minimum Gasteiger partial charge on any atom is -0.550 e. The van der Waals surface area contributed by atoms with E-state index >= 15 is 0 Å². The Morgan fingerprint density at radius 2 is 2.37 bits per heavy atom. The summed E-state index contributed by atoms with van der Waals surface area (Å²) in [4.78, 5) is 27.2. The summed E-state index contributed by atoms with van der Waals surface area (Å²) in [6, 6.07) is 3.67. The first-order valence-corrected chi connectivity index (χ1v) is 6.72. The van der Waals surface area contributed by atoms with Crippen molar-refractivity contribution >= 4 is 46.3 Å². The summed E-state index contributed by atoms with van der Waals surface area (Å²) >= 11 is 6.24. The number of thioether (sulfide) groups is 1. The standard InChI is InChI=1S/C12H10N2O3S2/c15-10(16)3-5-14-11(17)9(19-12(14)18)6-8-2-1-4-13-7-8/h1-2,4,6-7H,3,5H2,(H,15,16)/b9-6+. The van der Waals surface area contributed by atoms with Gasteiger partial charge in [0.05, 0.1) is 4.91 Å². The molecule has 1 aliphatic heterocycles. The molecule has 0 bridgehead atoms. The Balaban J connectivity index is 2.14. The minimum atomic E-state index is -1.20. The molecular formula is C12H10N2O3S2. The summed E-state index contributed by atoms with van der Waals surface area (Å²) in [5.41, 5.74) is 0.850. The number of carbonyl (C=O) groups excluding carboxylic acids is 2. The zero-order chi connectivity index (χ0) is 13.8. The highest BCUT2D eigenvalue weighted by atomic mass is 32.2. The molecule has 1 aliphatic rings. The summed E-state index contributed by atoms with van der Waals surface area (Å²) in [6.07, 6.45) is 5.02. The Bertz CT molecular complexity index is 557. The van der Waals surface area contributed by atoms with Crippen LogP contribution in [0.15, 0.2) is 29.4 Å². The number of carboxylic acids is 1. The van der Waals surface area contributed by atoms with Crippen molar-refractivity contribution in [2.75, 3.05) is 6.54 Å². The molecule has 1 fully saturated rings. The lowest BCUT2D eigenvalue weighted by Crippen LogP contribution is -2.33. The van der Waals surface area contributed by atoms with Crippen LogP contribution in [0.1, 0.15) is 12.0 Å². The van der Waals surface area contributed by atoms with Crippen molar-refractivity contribution in [3.63, 3.8) is 0 Å². The molecule has 1 aromatic rings. The summed E-state index contributed by atoms with van der Waals surface area (Å²) in [6.45, 7) is 0.0469. The maximum absolute atomic E-state index is 12.1. The SMILES string of the molecule is O=C([O-])CCN1C(=O)/C(=C\c2ccc[nH+]c2)SC1=S. The van der Waals surface area contributed by atoms with Crippen molar-refractivity contribution in [3.8, 4) is 0 Å². The van der Waals surface area contributed by atoms with Crippen molar-refractivity contribution in [3.05, 3.63) is 35.0 Å². The van der Waals surface area contributed by atoms with Crippen LogP contribution in [-0.2, 0) is 9.59 Å². The average Bonchev–Trinajstić information content (AvgIpc) is 2.63. The first-order chi connectivity index (χ1) is 9.08. The highest BCUT2D eigenvalue weighted by Gasteiger charge is 2.31. The van der Waals surface area contributed by atoms with Gasteiger partial charge in [0.25, 0.3) is 5.91 Å². The van der Waals surface area contributed by atoms with E-state index in [9.17, 15) is 14.7 Å². The van der Waals surface area contributed by atoms with Crippen LogP contribution in [0, 0.1) is 0 Å². The summed E-state index contributed by atoms with van der Waals surface area (Å²) in [7, 11) is 0. The minimum absolute atomic E-state index is 0.0469. The molecule has 1 saturated heterocycles. The van der Waals surface area contributed by atoms with E-state index in [2.05, 4.69) is 4.98 Å². The van der Waals surface area contributed by atoms with E-state index in [1.807, 2.05) is 12.1 Å². The van der Waals surface area contributed by atoms with Crippen molar-refractivity contribution in [1.82, 2.24) is 4.90 Å². The van der Waals surface area contributed by atoms with Gasteiger partial charge in [-0.25, -0.2) is 4.98 Å². The second kappa shape index (κ2) is 5.94. The van der Waals surface area contributed by atoms with Gasteiger partial charge in [0.1, 0.15) is 4.32 Å². The van der Waals surface area contributed by atoms with Gasteiger partial charge in [-0.1, -0.05) is 24.0 Å². The van der Waals surface area contributed by atoms with Crippen molar-refractivity contribution < 1.29 is 19.7 Å². The third-order valence-electron chi connectivity index (χ3n) is 2.44. The number of amides is 1. The van der Waals surface area contributed by atoms with Crippen LogP contribution in [0.25, 0.3) is 6.08 Å². The number of pyridine rings is 1. The number of aromatic amines is 1. The number of nitrogens with one attached hydrogen (secondary N) is 1. The molecule has 0 atom stereocenters. The lowest BCUT2D eigenvalue weighted by atomic mass is 10.2. The van der Waals surface area contributed by atoms with Crippen LogP contribution in [0.4, 0.5) is 0 Å². The fourth-order valence-electron chi connectivity index (χ4n) is 1.54. The van der Waals surface area contributed by atoms with E-state index in [1.165, 1.54) is 16.7 Å². The number of aliphatic carboxylic acids is 1. The molecule has 0 saturated carbocycles. The van der Waals surface area contributed by atoms with Crippen LogP contribution < -0.4 is 10.1 Å². The van der Waals surface area contributed by atoms with Gasteiger partial charge in [0.2, 0.25) is 0 Å². The second-order valence-corrected chi connectivity index (χ2v) is 5.47. The number of carbonyl (C=O) groups is 2. The highest BCUT2D eigenvalue weighted by Crippen LogP contribution is 2.32. The highest BCUT2D eigenvalue weighted by molar-refractivity contribution is 8.26. The number of nitrogens with zero attached hydrogens (tertiary/aromatic N) is 1. The normalized spacial score (nSPS) is 17.3. The quantitative estimate of drug-likeness (QED) is 0.570. The van der Waals surface area contributed by atoms with Crippen molar-refractivity contribution in [2.24, 2.45) is 0 Å². The zero-order valence-electron chi connectivity index (χ0n) is 9.79. The van der Waals surface area contributed by atoms with Crippen LogP contribution in [-0.4, -0.2) is 27.6 Å². The van der Waals surface area contributed by atoms with Gasteiger partial charge in [0.15, 0.2) is 12.4 Å². The second-order valence-electron chi connectivity index (χ2n) is 3.79. The summed E-state index contributed by atoms with van der Waals surface area (Å²) in [5, 5.41) is 10.4. The predicted molar refractivity (Wildman–Crippen MR) is 72.5 cm³/mol. The Morgan fingerprint density at radius 1 is 1.58 bits per heavy atom. The molecule has 7 heteroatoms. The molecule has 0 radical (unpaired) electrons. The molecule has 0 unspecified atom stereocenters. The Kier molecular flexibility index (Phi) is 4.28. The predicted octanol–water partition coefficient (Wildman–Crippen LogP) is -0.158. The van der Waals surface area contributed by atoms with Crippen molar-refractivity contribution in [1.29, 1.82) is 0 Å². The molecule has 19 heavy (non-hydrogen) atoms. The first-order valence-electron chi connectivity index (χ1n) is 5.49. The fourth-order valence-corrected chi connectivity index (χ4v) is 2.85. The van der Waals surface area contributed by atoms with Crippen LogP contribution in [0.3, 0.4) is 0 Å². The topological polar surface area (TPSA) is 74.6 Å². The molecule has 0 spiro atoms. The third-order valence-corrected chi connectivity index (χ3v) is 3.82. The van der Waals surface area contributed by atoms with Crippen LogP contribution in [0.5, 0.6) is 0 Å². The molecule has 0 aromatic carbocycles. The number of H-pyrrole nitrogens is 1. The molecule has 1 aromatic heterocycles. The summed E-state index contributed by atoms with van der Waals surface area (Å²) < 4.78 is 0.373. The molecule has 5 nitrogen and oxygen atoms in total. The zero-order valence-corrected chi connectivity index (χ0v) is 11.4. The van der Waals surface area contributed by atoms with Gasteiger partial charge >= 0.3 is 0 Å². The van der Waals surface area contributed by atoms with E-state index in [4.69, 9.17) is 12.2 Å². The Hall–Kier alpha value is -1.73. The lowest BCUT2D eigenvalue weighted by Gasteiger charge is -2.14. The van der Waals surface area contributed by atoms with Gasteiger partial charge in [-0.15, -0.1) is 0 Å². The van der Waals surface area contributed by atoms with E-state index in [0.717, 1.165) is 5.56 Å². The maximum atomic E-state index is 12.1. The van der Waals surface area contributed by atoms with Crippen LogP contribution >= 0.6 is 24.0 Å². The number of hydrogen-bond donors (Lipinski definition) is 0. The molecule has 1 N–H and O–H groups in total. The molecule has 1 amide bonds.